The largest absolute Gasteiger partial charge is 0.358 e. The molecule has 0 aliphatic carbocycles. The Morgan fingerprint density at radius 2 is 1.83 bits per heavy atom. The molecule has 0 fully saturated rings. The summed E-state index contributed by atoms with van der Waals surface area (Å²) in [7, 11) is 0. The van der Waals surface area contributed by atoms with Crippen LogP contribution in [0.3, 0.4) is 0 Å². The Hall–Kier alpha value is -2.55. The van der Waals surface area contributed by atoms with Gasteiger partial charge in [0, 0.05) is 34.3 Å². The zero-order valence-electron chi connectivity index (χ0n) is 14.2. The van der Waals surface area contributed by atoms with E-state index in [1.54, 1.807) is 0 Å². The molecule has 2 heterocycles. The third-order valence-electron chi connectivity index (χ3n) is 5.03. The Morgan fingerprint density at radius 3 is 2.67 bits per heavy atom. The van der Waals surface area contributed by atoms with Crippen LogP contribution in [-0.2, 0) is 0 Å². The van der Waals surface area contributed by atoms with Gasteiger partial charge in [-0.1, -0.05) is 49.7 Å². The van der Waals surface area contributed by atoms with E-state index in [4.69, 9.17) is 0 Å². The summed E-state index contributed by atoms with van der Waals surface area (Å²) in [5.41, 5.74) is 5.50. The maximum Gasteiger partial charge on any atom is 0.255 e. The fourth-order valence-electron chi connectivity index (χ4n) is 3.89. The van der Waals surface area contributed by atoms with Crippen molar-refractivity contribution in [2.75, 3.05) is 6.54 Å². The Kier molecular flexibility index (Phi) is 3.64. The van der Waals surface area contributed by atoms with Gasteiger partial charge in [-0.05, 0) is 31.0 Å². The predicted octanol–water partition coefficient (Wildman–Crippen LogP) is 4.82. The molecule has 1 N–H and O–H groups in total. The van der Waals surface area contributed by atoms with Crippen LogP contribution < -0.4 is 0 Å². The summed E-state index contributed by atoms with van der Waals surface area (Å²) in [4.78, 5) is 18.5. The van der Waals surface area contributed by atoms with Crippen molar-refractivity contribution < 1.29 is 4.79 Å². The molecule has 0 saturated heterocycles. The van der Waals surface area contributed by atoms with E-state index in [1.807, 2.05) is 24.3 Å². The summed E-state index contributed by atoms with van der Waals surface area (Å²) < 4.78 is 0. The number of unbranched alkanes of at least 4 members (excludes halogenated alkanes) is 1. The number of hydrogen-bond donors (Lipinski definition) is 1. The van der Waals surface area contributed by atoms with Crippen molar-refractivity contribution in [1.29, 1.82) is 0 Å². The molecule has 1 aliphatic rings. The number of H-pyrrole nitrogens is 1. The smallest absolute Gasteiger partial charge is 0.255 e. The van der Waals surface area contributed by atoms with Crippen molar-refractivity contribution in [1.82, 2.24) is 9.88 Å². The highest BCUT2D eigenvalue weighted by Gasteiger charge is 2.38. The number of nitrogens with zero attached hydrogens (tertiary/aromatic N) is 1. The normalized spacial score (nSPS) is 16.8. The molecular weight excluding hydrogens is 296 g/mol. The second-order valence-electron chi connectivity index (χ2n) is 6.55. The Labute approximate surface area is 142 Å². The van der Waals surface area contributed by atoms with Gasteiger partial charge in [0.05, 0.1) is 6.04 Å². The first-order valence-electron chi connectivity index (χ1n) is 8.69. The van der Waals surface area contributed by atoms with Crippen molar-refractivity contribution in [3.05, 3.63) is 70.9 Å². The lowest BCUT2D eigenvalue weighted by Gasteiger charge is -2.26. The predicted molar refractivity (Wildman–Crippen MR) is 97.3 cm³/mol. The van der Waals surface area contributed by atoms with Crippen LogP contribution in [-0.4, -0.2) is 22.3 Å². The molecule has 3 nitrogen and oxygen atoms in total. The van der Waals surface area contributed by atoms with Gasteiger partial charge in [0.2, 0.25) is 0 Å². The summed E-state index contributed by atoms with van der Waals surface area (Å²) in [6.07, 6.45) is 2.11. The molecule has 1 aliphatic heterocycles. The summed E-state index contributed by atoms with van der Waals surface area (Å²) in [6, 6.07) is 16.4. The highest BCUT2D eigenvalue weighted by molar-refractivity contribution is 6.01. The molecule has 0 bridgehead atoms. The number of benzene rings is 2. The van der Waals surface area contributed by atoms with Crippen LogP contribution >= 0.6 is 0 Å². The van der Waals surface area contributed by atoms with Crippen molar-refractivity contribution >= 4 is 16.8 Å². The summed E-state index contributed by atoms with van der Waals surface area (Å²) in [5, 5.41) is 1.21. The Bertz CT molecular complexity index is 909. The van der Waals surface area contributed by atoms with Gasteiger partial charge in [-0.3, -0.25) is 4.79 Å². The molecule has 1 amide bonds. The highest BCUT2D eigenvalue weighted by atomic mass is 16.2. The number of carbonyl (C=O) groups is 1. The van der Waals surface area contributed by atoms with Crippen molar-refractivity contribution in [2.45, 2.75) is 32.7 Å². The lowest BCUT2D eigenvalue weighted by atomic mass is 9.95. The van der Waals surface area contributed by atoms with E-state index in [0.717, 1.165) is 41.7 Å². The molecule has 1 unspecified atom stereocenters. The van der Waals surface area contributed by atoms with Gasteiger partial charge in [-0.15, -0.1) is 0 Å². The number of aromatic amines is 1. The lowest BCUT2D eigenvalue weighted by molar-refractivity contribution is 0.0748. The van der Waals surface area contributed by atoms with Crippen LogP contribution in [0.4, 0.5) is 0 Å². The quantitative estimate of drug-likeness (QED) is 0.735. The van der Waals surface area contributed by atoms with E-state index < -0.39 is 0 Å². The van der Waals surface area contributed by atoms with E-state index in [-0.39, 0.29) is 11.9 Å². The molecule has 0 saturated carbocycles. The fraction of sp³-hybridized carbons (Fsp3) is 0.286. The monoisotopic (exact) mass is 318 g/mol. The van der Waals surface area contributed by atoms with Crippen molar-refractivity contribution in [3.8, 4) is 0 Å². The molecule has 0 radical (unpaired) electrons. The van der Waals surface area contributed by atoms with E-state index in [9.17, 15) is 4.79 Å². The van der Waals surface area contributed by atoms with Crippen molar-refractivity contribution in [3.63, 3.8) is 0 Å². The van der Waals surface area contributed by atoms with Gasteiger partial charge in [-0.25, -0.2) is 0 Å². The summed E-state index contributed by atoms with van der Waals surface area (Å²) in [5.74, 6) is 0.161. The Balaban J connectivity index is 1.92. The van der Waals surface area contributed by atoms with Crippen molar-refractivity contribution in [2.24, 2.45) is 0 Å². The van der Waals surface area contributed by atoms with Crippen LogP contribution in [0.5, 0.6) is 0 Å². The van der Waals surface area contributed by atoms with Crippen LogP contribution in [0.2, 0.25) is 0 Å². The van der Waals surface area contributed by atoms with Gasteiger partial charge in [0.25, 0.3) is 5.91 Å². The molecule has 1 aromatic heterocycles. The molecular formula is C21H22N2O. The van der Waals surface area contributed by atoms with Gasteiger partial charge in [0.1, 0.15) is 0 Å². The number of carbonyl (C=O) groups excluding carboxylic acids is 1. The highest BCUT2D eigenvalue weighted by Crippen LogP contribution is 2.42. The number of fused-ring (bicyclic) bond motifs is 2. The number of nitrogens with one attached hydrogen (secondary N) is 1. The molecule has 0 spiro atoms. The standard InChI is InChI=1S/C21H22N2O/c1-3-4-13-23-20(15-9-5-6-10-16(15)21(23)24)19-14(2)22-18-12-8-7-11-17(18)19/h5-12,20,22H,3-4,13H2,1-2H3. The SMILES string of the molecule is CCCCN1C(=O)c2ccccc2C1c1c(C)[nH]c2ccccc12. The maximum atomic E-state index is 13.0. The number of aromatic nitrogens is 1. The number of para-hydroxylation sites is 1. The number of aryl methyl sites for hydroxylation is 1. The summed E-state index contributed by atoms with van der Waals surface area (Å²) >= 11 is 0. The lowest BCUT2D eigenvalue weighted by Crippen LogP contribution is -2.30. The molecule has 1 atom stereocenters. The van der Waals surface area contributed by atoms with E-state index in [0.29, 0.717) is 0 Å². The minimum atomic E-state index is 0.0106. The molecule has 4 rings (SSSR count). The number of hydrogen-bond acceptors (Lipinski definition) is 1. The van der Waals surface area contributed by atoms with Crippen LogP contribution in [0.15, 0.2) is 48.5 Å². The topological polar surface area (TPSA) is 36.1 Å². The maximum absolute atomic E-state index is 13.0. The van der Waals surface area contributed by atoms with Gasteiger partial charge in [-0.2, -0.15) is 0 Å². The average molecular weight is 318 g/mol. The van der Waals surface area contributed by atoms with Gasteiger partial charge >= 0.3 is 0 Å². The second kappa shape index (κ2) is 5.82. The molecule has 122 valence electrons. The zero-order chi connectivity index (χ0) is 16.7. The Morgan fingerprint density at radius 1 is 1.08 bits per heavy atom. The molecule has 24 heavy (non-hydrogen) atoms. The summed E-state index contributed by atoms with van der Waals surface area (Å²) in [6.45, 7) is 5.08. The third-order valence-corrected chi connectivity index (χ3v) is 5.03. The zero-order valence-corrected chi connectivity index (χ0v) is 14.2. The molecule has 3 heteroatoms. The number of amides is 1. The van der Waals surface area contributed by atoms with E-state index in [1.165, 1.54) is 10.9 Å². The van der Waals surface area contributed by atoms with E-state index >= 15 is 0 Å². The first-order chi connectivity index (χ1) is 11.7. The second-order valence-corrected chi connectivity index (χ2v) is 6.55. The van der Waals surface area contributed by atoms with E-state index in [2.05, 4.69) is 48.0 Å². The van der Waals surface area contributed by atoms with Gasteiger partial charge < -0.3 is 9.88 Å². The van der Waals surface area contributed by atoms with Gasteiger partial charge in [0.15, 0.2) is 0 Å². The minimum absolute atomic E-state index is 0.0106. The number of rotatable bonds is 4. The first-order valence-corrected chi connectivity index (χ1v) is 8.69. The van der Waals surface area contributed by atoms with Crippen LogP contribution in [0, 0.1) is 6.92 Å². The minimum Gasteiger partial charge on any atom is -0.358 e. The van der Waals surface area contributed by atoms with Crippen LogP contribution in [0.1, 0.15) is 53.0 Å². The fourth-order valence-corrected chi connectivity index (χ4v) is 3.89. The third kappa shape index (κ3) is 2.15. The first kappa shape index (κ1) is 15.0. The molecule has 2 aromatic carbocycles. The van der Waals surface area contributed by atoms with Crippen LogP contribution in [0.25, 0.3) is 10.9 Å². The molecule has 3 aromatic rings. The average Bonchev–Trinajstić information content (AvgIpc) is 3.07.